The average Bonchev–Trinajstić information content (AvgIpc) is 1.66. The van der Waals surface area contributed by atoms with Crippen LogP contribution in [0.5, 0.6) is 0 Å². The van der Waals surface area contributed by atoms with Gasteiger partial charge in [-0.05, 0) is 6.42 Å². The van der Waals surface area contributed by atoms with Crippen molar-refractivity contribution in [2.45, 2.75) is 19.8 Å². The summed E-state index contributed by atoms with van der Waals surface area (Å²) in [6, 6.07) is 0. The number of thioether (sulfide) groups is 1. The van der Waals surface area contributed by atoms with E-state index in [0.29, 0.717) is 4.32 Å². The molecule has 0 unspecified atom stereocenters. The van der Waals surface area contributed by atoms with Crippen LogP contribution in [0.4, 0.5) is 0 Å². The fraction of sp³-hybridized carbons (Fsp3) is 0.800. The Morgan fingerprint density at radius 1 is 1.67 bits per heavy atom. The van der Waals surface area contributed by atoms with Crippen LogP contribution in [0, 0.1) is 0 Å². The van der Waals surface area contributed by atoms with Crippen molar-refractivity contribution in [1.29, 1.82) is 0 Å². The molecule has 0 aliphatic rings. The van der Waals surface area contributed by atoms with Gasteiger partial charge in [0.2, 0.25) is 0 Å². The van der Waals surface area contributed by atoms with Crippen LogP contribution in [0.2, 0.25) is 0 Å². The van der Waals surface area contributed by atoms with Gasteiger partial charge in [-0.3, -0.25) is 0 Å². The second-order valence-electron chi connectivity index (χ2n) is 1.52. The SMILES string of the molecule is CCCCSC(N)=S.[NaH]. The number of nitrogens with two attached hydrogens (primary N) is 1. The van der Waals surface area contributed by atoms with Crippen LogP contribution in [-0.2, 0) is 0 Å². The second kappa shape index (κ2) is 9.24. The van der Waals surface area contributed by atoms with Crippen molar-refractivity contribution in [2.75, 3.05) is 5.75 Å². The summed E-state index contributed by atoms with van der Waals surface area (Å²) in [5.41, 5.74) is 5.23. The molecule has 0 aromatic carbocycles. The van der Waals surface area contributed by atoms with E-state index in [2.05, 4.69) is 19.1 Å². The van der Waals surface area contributed by atoms with Gasteiger partial charge in [0.05, 0.1) is 0 Å². The summed E-state index contributed by atoms with van der Waals surface area (Å²) in [6.07, 6.45) is 2.43. The van der Waals surface area contributed by atoms with E-state index < -0.39 is 0 Å². The molecule has 0 atom stereocenters. The molecule has 4 heteroatoms. The zero-order valence-electron chi connectivity index (χ0n) is 5.02. The molecule has 0 rings (SSSR count). The van der Waals surface area contributed by atoms with Crippen molar-refractivity contribution in [2.24, 2.45) is 5.73 Å². The molecule has 0 radical (unpaired) electrons. The van der Waals surface area contributed by atoms with Gasteiger partial charge in [0, 0.05) is 5.75 Å². The molecule has 0 aromatic rings. The average molecular weight is 173 g/mol. The van der Waals surface area contributed by atoms with Gasteiger partial charge in [0.25, 0.3) is 0 Å². The molecule has 2 N–H and O–H groups in total. The predicted molar refractivity (Wildman–Crippen MR) is 51.3 cm³/mol. The first-order valence-corrected chi connectivity index (χ1v) is 4.09. The molecule has 0 aliphatic heterocycles. The molecule has 9 heavy (non-hydrogen) atoms. The molecule has 0 aliphatic carbocycles. The quantitative estimate of drug-likeness (QED) is 0.393. The third-order valence-electron chi connectivity index (χ3n) is 0.742. The summed E-state index contributed by atoms with van der Waals surface area (Å²) in [4.78, 5) is 0. The van der Waals surface area contributed by atoms with Gasteiger partial charge >= 0.3 is 29.6 Å². The molecule has 0 saturated heterocycles. The molecule has 0 amide bonds. The van der Waals surface area contributed by atoms with Crippen LogP contribution in [-0.4, -0.2) is 39.6 Å². The Kier molecular flexibility index (Phi) is 13.2. The van der Waals surface area contributed by atoms with Crippen molar-refractivity contribution in [3.05, 3.63) is 0 Å². The fourth-order valence-electron chi connectivity index (χ4n) is 0.317. The van der Waals surface area contributed by atoms with Crippen molar-refractivity contribution in [1.82, 2.24) is 0 Å². The first kappa shape index (κ1) is 12.9. The Hall–Kier alpha value is 1.24. The Morgan fingerprint density at radius 3 is 2.56 bits per heavy atom. The van der Waals surface area contributed by atoms with Crippen LogP contribution >= 0.6 is 24.0 Å². The molecular weight excluding hydrogens is 161 g/mol. The zero-order valence-corrected chi connectivity index (χ0v) is 6.65. The maximum atomic E-state index is 5.23. The molecule has 50 valence electrons. The number of rotatable bonds is 3. The summed E-state index contributed by atoms with van der Waals surface area (Å²) in [5.74, 6) is 1.08. The van der Waals surface area contributed by atoms with Crippen LogP contribution in [0.1, 0.15) is 19.8 Å². The van der Waals surface area contributed by atoms with Gasteiger partial charge < -0.3 is 5.73 Å². The molecule has 0 heterocycles. The summed E-state index contributed by atoms with van der Waals surface area (Å²) < 4.78 is 0.568. The number of thiocarbonyl (C=S) groups is 1. The second-order valence-corrected chi connectivity index (χ2v) is 3.36. The van der Waals surface area contributed by atoms with Crippen molar-refractivity contribution in [3.63, 3.8) is 0 Å². The summed E-state index contributed by atoms with van der Waals surface area (Å²) >= 11 is 6.21. The standard InChI is InChI=1S/C5H11NS2.Na.H/c1-2-3-4-8-5(6)7;;/h2-4H2,1H3,(H2,6,7);;. The topological polar surface area (TPSA) is 26.0 Å². The molecule has 1 nitrogen and oxygen atoms in total. The van der Waals surface area contributed by atoms with Gasteiger partial charge in [-0.25, -0.2) is 0 Å². The van der Waals surface area contributed by atoms with Crippen LogP contribution in [0.25, 0.3) is 0 Å². The van der Waals surface area contributed by atoms with Gasteiger partial charge in [-0.1, -0.05) is 37.3 Å². The van der Waals surface area contributed by atoms with E-state index in [1.807, 2.05) is 0 Å². The Bertz CT molecular complexity index is 77.4. The predicted octanol–water partition coefficient (Wildman–Crippen LogP) is 1.11. The third-order valence-corrected chi connectivity index (χ3v) is 1.87. The monoisotopic (exact) mass is 173 g/mol. The zero-order chi connectivity index (χ0) is 6.41. The van der Waals surface area contributed by atoms with E-state index in [1.54, 1.807) is 11.8 Å². The summed E-state index contributed by atoms with van der Waals surface area (Å²) in [6.45, 7) is 2.15. The van der Waals surface area contributed by atoms with E-state index in [1.165, 1.54) is 12.8 Å². The fourth-order valence-corrected chi connectivity index (χ4v) is 1.20. The van der Waals surface area contributed by atoms with Crippen molar-refractivity contribution in [3.8, 4) is 0 Å². The Labute approximate surface area is 88.4 Å². The van der Waals surface area contributed by atoms with Crippen LogP contribution in [0.3, 0.4) is 0 Å². The normalized spacial score (nSPS) is 8.11. The number of hydrogen-bond acceptors (Lipinski definition) is 2. The maximum absolute atomic E-state index is 5.23. The first-order valence-electron chi connectivity index (χ1n) is 2.69. The van der Waals surface area contributed by atoms with E-state index in [4.69, 9.17) is 5.73 Å². The summed E-state index contributed by atoms with van der Waals surface area (Å²) in [7, 11) is 0. The third kappa shape index (κ3) is 12.4. The number of unbranched alkanes of at least 4 members (excludes halogenated alkanes) is 1. The van der Waals surface area contributed by atoms with Gasteiger partial charge in [0.1, 0.15) is 4.32 Å². The molecule has 0 aromatic heterocycles. The van der Waals surface area contributed by atoms with E-state index in [9.17, 15) is 0 Å². The first-order chi connectivity index (χ1) is 3.77. The Balaban J connectivity index is 0. The minimum atomic E-state index is 0. The van der Waals surface area contributed by atoms with E-state index in [-0.39, 0.29) is 29.6 Å². The Morgan fingerprint density at radius 2 is 2.22 bits per heavy atom. The molecule has 0 spiro atoms. The molecule has 0 saturated carbocycles. The van der Waals surface area contributed by atoms with Gasteiger partial charge in [-0.2, -0.15) is 0 Å². The van der Waals surface area contributed by atoms with Crippen molar-refractivity contribution >= 4 is 57.9 Å². The van der Waals surface area contributed by atoms with E-state index >= 15 is 0 Å². The van der Waals surface area contributed by atoms with Gasteiger partial charge in [-0.15, -0.1) is 0 Å². The molecule has 0 fully saturated rings. The van der Waals surface area contributed by atoms with Crippen LogP contribution < -0.4 is 5.73 Å². The van der Waals surface area contributed by atoms with E-state index in [0.717, 1.165) is 5.75 Å². The molecular formula is C5H12NNaS2. The van der Waals surface area contributed by atoms with Crippen molar-refractivity contribution < 1.29 is 0 Å². The van der Waals surface area contributed by atoms with Crippen LogP contribution in [0.15, 0.2) is 0 Å². The summed E-state index contributed by atoms with van der Waals surface area (Å²) in [5, 5.41) is 0. The minimum absolute atomic E-state index is 0. The van der Waals surface area contributed by atoms with Gasteiger partial charge in [0.15, 0.2) is 0 Å². The molecule has 0 bridgehead atoms. The number of hydrogen-bond donors (Lipinski definition) is 1.